The smallest absolute Gasteiger partial charge is 0.222 e. The number of thiophene rings is 1. The summed E-state index contributed by atoms with van der Waals surface area (Å²) < 4.78 is 2.18. The second-order valence-corrected chi connectivity index (χ2v) is 7.97. The first-order chi connectivity index (χ1) is 11.6. The average Bonchev–Trinajstić information content (AvgIpc) is 3.30. The van der Waals surface area contributed by atoms with Gasteiger partial charge in [0, 0.05) is 29.4 Å². The third-order valence-corrected chi connectivity index (χ3v) is 6.40. The van der Waals surface area contributed by atoms with Crippen molar-refractivity contribution in [1.82, 2.24) is 14.5 Å². The Kier molecular flexibility index (Phi) is 4.18. The predicted molar refractivity (Wildman–Crippen MR) is 93.8 cm³/mol. The molecule has 1 amide bonds. The number of carbonyl (C=O) groups is 1. The molecule has 0 aliphatic carbocycles. The maximum absolute atomic E-state index is 11.3. The molecular weight excluding hydrogens is 322 g/mol. The molecule has 2 aromatic heterocycles. The molecule has 3 aliphatic rings. The van der Waals surface area contributed by atoms with Crippen LogP contribution in [0.5, 0.6) is 0 Å². The van der Waals surface area contributed by atoms with Gasteiger partial charge < -0.3 is 14.6 Å². The lowest BCUT2D eigenvalue weighted by molar-refractivity contribution is -0.130. The fraction of sp³-hybridized carbons (Fsp3) is 0.556. The quantitative estimate of drug-likeness (QED) is 0.738. The molecule has 6 heteroatoms. The van der Waals surface area contributed by atoms with E-state index in [4.69, 9.17) is 0 Å². The Morgan fingerprint density at radius 1 is 1.42 bits per heavy atom. The van der Waals surface area contributed by atoms with E-state index in [-0.39, 0.29) is 6.10 Å². The molecule has 2 fully saturated rings. The summed E-state index contributed by atoms with van der Waals surface area (Å²) in [5, 5.41) is 11.6. The number of piperidine rings is 1. The minimum atomic E-state index is -0.210. The van der Waals surface area contributed by atoms with Crippen LogP contribution in [0.3, 0.4) is 0 Å². The zero-order chi connectivity index (χ0) is 16.7. The number of nitrogens with zero attached hydrogens (tertiary/aromatic N) is 3. The van der Waals surface area contributed by atoms with Crippen molar-refractivity contribution in [3.63, 3.8) is 0 Å². The van der Waals surface area contributed by atoms with Gasteiger partial charge in [0.25, 0.3) is 0 Å². The summed E-state index contributed by atoms with van der Waals surface area (Å²) in [7, 11) is 0. The second kappa shape index (κ2) is 6.33. The largest absolute Gasteiger partial charge is 0.393 e. The molecule has 3 aliphatic heterocycles. The number of carbonyl (C=O) groups excluding carboxylic acids is 1. The van der Waals surface area contributed by atoms with Gasteiger partial charge in [-0.1, -0.05) is 0 Å². The lowest BCUT2D eigenvalue weighted by Crippen LogP contribution is -2.42. The molecule has 3 unspecified atom stereocenters. The predicted octanol–water partition coefficient (Wildman–Crippen LogP) is 2.74. The molecule has 24 heavy (non-hydrogen) atoms. The number of aliphatic hydroxyl groups is 1. The molecule has 0 spiro atoms. The molecular formula is C18H23N3O2S. The van der Waals surface area contributed by atoms with Crippen LogP contribution >= 0.6 is 11.3 Å². The van der Waals surface area contributed by atoms with Crippen molar-refractivity contribution in [3.8, 4) is 11.3 Å². The van der Waals surface area contributed by atoms with Crippen LogP contribution in [0.4, 0.5) is 0 Å². The molecule has 2 saturated heterocycles. The van der Waals surface area contributed by atoms with Gasteiger partial charge in [-0.15, -0.1) is 11.3 Å². The van der Waals surface area contributed by atoms with E-state index in [0.717, 1.165) is 38.8 Å². The molecule has 0 aromatic carbocycles. The fourth-order valence-electron chi connectivity index (χ4n) is 4.07. The van der Waals surface area contributed by atoms with Crippen LogP contribution in [0, 0.1) is 5.92 Å². The molecule has 5 nitrogen and oxygen atoms in total. The van der Waals surface area contributed by atoms with Crippen molar-refractivity contribution in [2.45, 2.75) is 51.3 Å². The summed E-state index contributed by atoms with van der Waals surface area (Å²) in [6, 6.07) is 2.60. The number of rotatable bonds is 1. The van der Waals surface area contributed by atoms with Crippen LogP contribution in [-0.4, -0.2) is 44.2 Å². The highest BCUT2D eigenvalue weighted by atomic mass is 32.1. The van der Waals surface area contributed by atoms with Gasteiger partial charge in [0.1, 0.15) is 0 Å². The van der Waals surface area contributed by atoms with Gasteiger partial charge in [0.05, 0.1) is 30.9 Å². The summed E-state index contributed by atoms with van der Waals surface area (Å²) in [6.07, 6.45) is 7.31. The van der Waals surface area contributed by atoms with Gasteiger partial charge in [-0.3, -0.25) is 4.79 Å². The Morgan fingerprint density at radius 2 is 2.29 bits per heavy atom. The second-order valence-electron chi connectivity index (χ2n) is 6.97. The standard InChI is InChI=1S/C10H17NO2.C8H6N2S/c1-7(12)8-4-5-11-9(6-8)2-3-10(11)13;1-2-11-8-4-10-5-9-3-7(10)6(1)8/h7-9,12H,2-6H2,1H3;1-3,5H,4H2. The first-order valence-corrected chi connectivity index (χ1v) is 9.56. The molecule has 3 atom stereocenters. The summed E-state index contributed by atoms with van der Waals surface area (Å²) >= 11 is 1.82. The number of aromatic nitrogens is 2. The minimum Gasteiger partial charge on any atom is -0.393 e. The molecule has 0 saturated carbocycles. The van der Waals surface area contributed by atoms with E-state index in [1.807, 2.05) is 35.7 Å². The monoisotopic (exact) mass is 345 g/mol. The maximum Gasteiger partial charge on any atom is 0.222 e. The molecule has 5 rings (SSSR count). The Bertz CT molecular complexity index is 698. The highest BCUT2D eigenvalue weighted by Gasteiger charge is 2.37. The number of fused-ring (bicyclic) bond motifs is 4. The third-order valence-electron chi connectivity index (χ3n) is 5.50. The zero-order valence-electron chi connectivity index (χ0n) is 13.9. The van der Waals surface area contributed by atoms with Crippen molar-refractivity contribution >= 4 is 17.2 Å². The van der Waals surface area contributed by atoms with Crippen molar-refractivity contribution in [2.24, 2.45) is 5.92 Å². The van der Waals surface area contributed by atoms with Crippen molar-refractivity contribution in [2.75, 3.05) is 6.54 Å². The molecule has 0 bridgehead atoms. The number of amides is 1. The highest BCUT2D eigenvalue weighted by Crippen LogP contribution is 2.34. The van der Waals surface area contributed by atoms with Gasteiger partial charge in [0.2, 0.25) is 5.91 Å². The van der Waals surface area contributed by atoms with Crippen LogP contribution in [0.2, 0.25) is 0 Å². The maximum atomic E-state index is 11.3. The van der Waals surface area contributed by atoms with Crippen LogP contribution in [0.25, 0.3) is 11.3 Å². The molecule has 1 N–H and O–H groups in total. The number of aliphatic hydroxyl groups excluding tert-OH is 1. The SMILES string of the molecule is CC(O)C1CCN2C(=O)CCC2C1.c1cc2c(s1)Cn1cncc1-2. The summed E-state index contributed by atoms with van der Waals surface area (Å²) in [5.41, 5.74) is 2.63. The lowest BCUT2D eigenvalue weighted by atomic mass is 9.87. The average molecular weight is 345 g/mol. The van der Waals surface area contributed by atoms with Crippen molar-refractivity contribution < 1.29 is 9.90 Å². The summed E-state index contributed by atoms with van der Waals surface area (Å²) in [4.78, 5) is 18.9. The van der Waals surface area contributed by atoms with E-state index < -0.39 is 0 Å². The van der Waals surface area contributed by atoms with E-state index in [2.05, 4.69) is 21.0 Å². The summed E-state index contributed by atoms with van der Waals surface area (Å²) in [6.45, 7) is 3.73. The van der Waals surface area contributed by atoms with Crippen molar-refractivity contribution in [1.29, 1.82) is 0 Å². The Labute approximate surface area is 145 Å². The third kappa shape index (κ3) is 2.78. The zero-order valence-corrected chi connectivity index (χ0v) is 14.7. The van der Waals surface area contributed by atoms with Crippen LogP contribution in [0.15, 0.2) is 24.0 Å². The first kappa shape index (κ1) is 15.8. The van der Waals surface area contributed by atoms with Crippen LogP contribution in [0.1, 0.15) is 37.5 Å². The topological polar surface area (TPSA) is 58.4 Å². The highest BCUT2D eigenvalue weighted by molar-refractivity contribution is 7.10. The van der Waals surface area contributed by atoms with Gasteiger partial charge in [-0.05, 0) is 43.6 Å². The Balaban J connectivity index is 0.000000123. The van der Waals surface area contributed by atoms with E-state index in [0.29, 0.717) is 17.9 Å². The molecule has 5 heterocycles. The molecule has 2 aromatic rings. The van der Waals surface area contributed by atoms with Gasteiger partial charge in [0.15, 0.2) is 0 Å². The van der Waals surface area contributed by atoms with Gasteiger partial charge >= 0.3 is 0 Å². The molecule has 0 radical (unpaired) electrons. The summed E-state index contributed by atoms with van der Waals surface area (Å²) in [5.74, 6) is 0.723. The Morgan fingerprint density at radius 3 is 3.12 bits per heavy atom. The van der Waals surface area contributed by atoms with E-state index >= 15 is 0 Å². The van der Waals surface area contributed by atoms with Crippen LogP contribution < -0.4 is 0 Å². The Hall–Kier alpha value is -1.66. The van der Waals surface area contributed by atoms with Crippen molar-refractivity contribution in [3.05, 3.63) is 28.8 Å². The fourth-order valence-corrected chi connectivity index (χ4v) is 4.95. The van der Waals surface area contributed by atoms with Gasteiger partial charge in [-0.2, -0.15) is 0 Å². The number of hydrogen-bond acceptors (Lipinski definition) is 4. The van der Waals surface area contributed by atoms with E-state index in [1.54, 1.807) is 0 Å². The van der Waals surface area contributed by atoms with E-state index in [9.17, 15) is 9.90 Å². The van der Waals surface area contributed by atoms with Gasteiger partial charge in [-0.25, -0.2) is 4.98 Å². The first-order valence-electron chi connectivity index (χ1n) is 8.68. The lowest BCUT2D eigenvalue weighted by Gasteiger charge is -2.36. The number of imidazole rings is 1. The van der Waals surface area contributed by atoms with Crippen LogP contribution in [-0.2, 0) is 11.3 Å². The normalized spacial score (nSPS) is 25.6. The molecule has 128 valence electrons. The minimum absolute atomic E-state index is 0.210. The number of hydrogen-bond donors (Lipinski definition) is 1. The van der Waals surface area contributed by atoms with E-state index in [1.165, 1.54) is 16.1 Å².